The average molecular weight is 483 g/mol. The number of hydrogen-bond acceptors (Lipinski definition) is 6. The third kappa shape index (κ3) is 4.79. The largest absolute Gasteiger partial charge is 0.474 e. The van der Waals surface area contributed by atoms with E-state index < -0.39 is 29.1 Å². The van der Waals surface area contributed by atoms with Crippen LogP contribution in [0.15, 0.2) is 36.5 Å². The van der Waals surface area contributed by atoms with E-state index >= 15 is 0 Å². The Bertz CT molecular complexity index is 1300. The number of nitrogens with two attached hydrogens (primary N) is 2. The lowest BCUT2D eigenvalue weighted by atomic mass is 9.92. The van der Waals surface area contributed by atoms with Crippen LogP contribution in [0.5, 0.6) is 5.88 Å². The van der Waals surface area contributed by atoms with Gasteiger partial charge in [0.1, 0.15) is 23.0 Å². The van der Waals surface area contributed by atoms with Crippen molar-refractivity contribution < 1.29 is 23.5 Å². The number of amides is 3. The van der Waals surface area contributed by atoms with Gasteiger partial charge in [0, 0.05) is 17.6 Å². The number of nitrogens with zero attached hydrogens (tertiary/aromatic N) is 3. The standard InChI is InChI=1S/C24H27FN6O4/c1-24(2,23(27)34)31-18-12-13(25)5-10-16(18)19(30-31)21(33)29-14-6-8-15(9-7-14)35-22-17(20(26)32)4-3-11-28-22/h3-5,10-12,14-15H,6-9H2,1-2H3,(H2,26,32)(H2,27,34)(H,29,33). The summed E-state index contributed by atoms with van der Waals surface area (Å²) in [6.45, 7) is 3.11. The molecule has 35 heavy (non-hydrogen) atoms. The second kappa shape index (κ2) is 9.32. The van der Waals surface area contributed by atoms with E-state index in [0.717, 1.165) is 0 Å². The molecule has 10 nitrogen and oxygen atoms in total. The predicted octanol–water partition coefficient (Wildman–Crippen LogP) is 2.01. The van der Waals surface area contributed by atoms with Gasteiger partial charge >= 0.3 is 0 Å². The fourth-order valence-electron chi connectivity index (χ4n) is 4.20. The summed E-state index contributed by atoms with van der Waals surface area (Å²) in [6, 6.07) is 6.97. The van der Waals surface area contributed by atoms with Crippen LogP contribution in [0.4, 0.5) is 4.39 Å². The Kier molecular flexibility index (Phi) is 6.42. The lowest BCUT2D eigenvalue weighted by Gasteiger charge is -2.29. The highest BCUT2D eigenvalue weighted by molar-refractivity contribution is 6.05. The highest BCUT2D eigenvalue weighted by Crippen LogP contribution is 2.28. The molecule has 0 bridgehead atoms. The zero-order chi connectivity index (χ0) is 25.3. The minimum absolute atomic E-state index is 0.0901. The van der Waals surface area contributed by atoms with Crippen molar-refractivity contribution in [3.8, 4) is 5.88 Å². The molecule has 4 rings (SSSR count). The normalized spacial score (nSPS) is 18.3. The van der Waals surface area contributed by atoms with Crippen LogP contribution < -0.4 is 21.5 Å². The summed E-state index contributed by atoms with van der Waals surface area (Å²) in [6.07, 6.45) is 3.90. The molecule has 0 spiro atoms. The van der Waals surface area contributed by atoms with Gasteiger partial charge < -0.3 is 21.5 Å². The maximum absolute atomic E-state index is 14.0. The summed E-state index contributed by atoms with van der Waals surface area (Å²) in [4.78, 5) is 40.8. The number of aromatic nitrogens is 3. The fraction of sp³-hybridized carbons (Fsp3) is 0.375. The quantitative estimate of drug-likeness (QED) is 0.468. The van der Waals surface area contributed by atoms with E-state index in [0.29, 0.717) is 36.6 Å². The number of nitrogens with one attached hydrogen (secondary N) is 1. The van der Waals surface area contributed by atoms with Gasteiger partial charge in [-0.05, 0) is 69.9 Å². The van der Waals surface area contributed by atoms with Crippen molar-refractivity contribution in [2.45, 2.75) is 57.2 Å². The zero-order valence-corrected chi connectivity index (χ0v) is 19.5. The molecule has 1 fully saturated rings. The van der Waals surface area contributed by atoms with Crippen LogP contribution in [0.1, 0.15) is 60.4 Å². The van der Waals surface area contributed by atoms with E-state index in [1.165, 1.54) is 29.1 Å². The molecule has 0 unspecified atom stereocenters. The van der Waals surface area contributed by atoms with Crippen molar-refractivity contribution in [1.29, 1.82) is 0 Å². The molecule has 11 heteroatoms. The van der Waals surface area contributed by atoms with E-state index in [-0.39, 0.29) is 29.3 Å². The molecule has 1 aliphatic rings. The molecular weight excluding hydrogens is 455 g/mol. The second-order valence-corrected chi connectivity index (χ2v) is 9.13. The van der Waals surface area contributed by atoms with E-state index in [9.17, 15) is 18.8 Å². The Labute approximate surface area is 200 Å². The van der Waals surface area contributed by atoms with E-state index in [2.05, 4.69) is 15.4 Å². The van der Waals surface area contributed by atoms with Crippen molar-refractivity contribution in [2.75, 3.05) is 0 Å². The topological polar surface area (TPSA) is 155 Å². The fourth-order valence-corrected chi connectivity index (χ4v) is 4.20. The molecule has 2 heterocycles. The molecular formula is C24H27FN6O4. The van der Waals surface area contributed by atoms with Gasteiger partial charge in [-0.3, -0.25) is 14.4 Å². The number of hydrogen-bond donors (Lipinski definition) is 3. The third-order valence-corrected chi connectivity index (χ3v) is 6.32. The van der Waals surface area contributed by atoms with Crippen LogP contribution in [-0.2, 0) is 10.3 Å². The van der Waals surface area contributed by atoms with Gasteiger partial charge in [0.05, 0.1) is 5.52 Å². The second-order valence-electron chi connectivity index (χ2n) is 9.13. The van der Waals surface area contributed by atoms with Crippen molar-refractivity contribution in [2.24, 2.45) is 11.5 Å². The van der Waals surface area contributed by atoms with Gasteiger partial charge in [-0.25, -0.2) is 14.1 Å². The number of ether oxygens (including phenoxy) is 1. The first-order valence-corrected chi connectivity index (χ1v) is 11.3. The molecule has 2 aromatic heterocycles. The first kappa shape index (κ1) is 24.1. The minimum atomic E-state index is -1.27. The monoisotopic (exact) mass is 482 g/mol. The Balaban J connectivity index is 1.47. The summed E-state index contributed by atoms with van der Waals surface area (Å²) in [5, 5.41) is 7.75. The van der Waals surface area contributed by atoms with Crippen molar-refractivity contribution in [3.05, 3.63) is 53.6 Å². The average Bonchev–Trinajstić information content (AvgIpc) is 3.20. The minimum Gasteiger partial charge on any atom is -0.474 e. The van der Waals surface area contributed by atoms with Crippen molar-refractivity contribution >= 4 is 28.6 Å². The molecule has 184 valence electrons. The van der Waals surface area contributed by atoms with Gasteiger partial charge in [0.2, 0.25) is 11.8 Å². The maximum atomic E-state index is 14.0. The molecule has 0 aliphatic heterocycles. The lowest BCUT2D eigenvalue weighted by Crippen LogP contribution is -2.42. The number of benzene rings is 1. The van der Waals surface area contributed by atoms with Crippen LogP contribution in [0.25, 0.3) is 10.9 Å². The summed E-state index contributed by atoms with van der Waals surface area (Å²) in [5.41, 5.74) is 10.3. The predicted molar refractivity (Wildman–Crippen MR) is 125 cm³/mol. The Morgan fingerprint density at radius 3 is 2.51 bits per heavy atom. The Morgan fingerprint density at radius 1 is 1.14 bits per heavy atom. The number of rotatable bonds is 7. The van der Waals surface area contributed by atoms with Crippen LogP contribution in [0.2, 0.25) is 0 Å². The molecule has 0 saturated heterocycles. The Morgan fingerprint density at radius 2 is 1.86 bits per heavy atom. The number of halogens is 1. The van der Waals surface area contributed by atoms with Gasteiger partial charge in [-0.2, -0.15) is 5.10 Å². The van der Waals surface area contributed by atoms with E-state index in [1.807, 2.05) is 0 Å². The number of pyridine rings is 1. The summed E-state index contributed by atoms with van der Waals surface area (Å²) < 4.78 is 21.1. The van der Waals surface area contributed by atoms with Gasteiger partial charge in [0.15, 0.2) is 5.69 Å². The molecule has 3 amide bonds. The van der Waals surface area contributed by atoms with Crippen molar-refractivity contribution in [1.82, 2.24) is 20.1 Å². The molecule has 5 N–H and O–H groups in total. The van der Waals surface area contributed by atoms with Crippen molar-refractivity contribution in [3.63, 3.8) is 0 Å². The highest BCUT2D eigenvalue weighted by atomic mass is 19.1. The maximum Gasteiger partial charge on any atom is 0.272 e. The number of carbonyl (C=O) groups excluding carboxylic acids is 3. The Hall–Kier alpha value is -4.02. The van der Waals surface area contributed by atoms with Crippen LogP contribution in [0, 0.1) is 5.82 Å². The van der Waals surface area contributed by atoms with Crippen LogP contribution in [-0.4, -0.2) is 44.6 Å². The highest BCUT2D eigenvalue weighted by Gasteiger charge is 2.33. The zero-order valence-electron chi connectivity index (χ0n) is 19.5. The smallest absolute Gasteiger partial charge is 0.272 e. The number of primary amides is 2. The summed E-state index contributed by atoms with van der Waals surface area (Å²) in [7, 11) is 0. The molecule has 1 saturated carbocycles. The summed E-state index contributed by atoms with van der Waals surface area (Å²) in [5.74, 6) is -2.01. The first-order valence-electron chi connectivity index (χ1n) is 11.3. The van der Waals surface area contributed by atoms with E-state index in [4.69, 9.17) is 16.2 Å². The van der Waals surface area contributed by atoms with Crippen LogP contribution >= 0.6 is 0 Å². The molecule has 1 aromatic carbocycles. The third-order valence-electron chi connectivity index (χ3n) is 6.32. The first-order chi connectivity index (χ1) is 16.6. The number of carbonyl (C=O) groups is 3. The van der Waals surface area contributed by atoms with Crippen LogP contribution in [0.3, 0.4) is 0 Å². The molecule has 3 aromatic rings. The van der Waals surface area contributed by atoms with Gasteiger partial charge in [-0.15, -0.1) is 0 Å². The van der Waals surface area contributed by atoms with Gasteiger partial charge in [0.25, 0.3) is 11.8 Å². The van der Waals surface area contributed by atoms with Gasteiger partial charge in [-0.1, -0.05) is 0 Å². The molecule has 0 radical (unpaired) electrons. The van der Waals surface area contributed by atoms with E-state index in [1.54, 1.807) is 26.0 Å². The summed E-state index contributed by atoms with van der Waals surface area (Å²) >= 11 is 0. The molecule has 0 atom stereocenters. The lowest BCUT2D eigenvalue weighted by molar-refractivity contribution is -0.125. The number of fused-ring (bicyclic) bond motifs is 1. The molecule has 1 aliphatic carbocycles. The SMILES string of the molecule is CC(C)(C(N)=O)n1nc(C(=O)NC2CCC(Oc3ncccc3C(N)=O)CC2)c2ccc(F)cc21.